The number of hydrogen-bond acceptors (Lipinski definition) is 2. The fourth-order valence-electron chi connectivity index (χ4n) is 2.56. The minimum atomic E-state index is 0.471. The monoisotopic (exact) mass is 259 g/mol. The van der Waals surface area contributed by atoms with E-state index in [1.807, 2.05) is 11.3 Å². The quantitative estimate of drug-likeness (QED) is 0.846. The molecule has 1 fully saturated rings. The summed E-state index contributed by atoms with van der Waals surface area (Å²) < 4.78 is 1.40. The predicted molar refractivity (Wildman–Crippen MR) is 80.1 cm³/mol. The Kier molecular flexibility index (Phi) is 2.95. The molecule has 2 unspecified atom stereocenters. The second-order valence-corrected chi connectivity index (χ2v) is 7.32. The summed E-state index contributed by atoms with van der Waals surface area (Å²) in [7, 11) is 0. The number of rotatable bonds is 4. The molecule has 2 aromatic rings. The van der Waals surface area contributed by atoms with Crippen molar-refractivity contribution in [3.8, 4) is 0 Å². The number of fused-ring (bicyclic) bond motifs is 1. The Balaban J connectivity index is 1.66. The first-order chi connectivity index (χ1) is 8.56. The van der Waals surface area contributed by atoms with Crippen LogP contribution in [-0.4, -0.2) is 6.54 Å². The zero-order valence-corrected chi connectivity index (χ0v) is 12.2. The molecule has 1 saturated carbocycles. The van der Waals surface area contributed by atoms with E-state index in [4.69, 9.17) is 0 Å². The van der Waals surface area contributed by atoms with E-state index in [0.717, 1.165) is 12.5 Å². The molecule has 18 heavy (non-hydrogen) atoms. The zero-order valence-electron chi connectivity index (χ0n) is 11.4. The van der Waals surface area contributed by atoms with E-state index in [2.05, 4.69) is 56.4 Å². The first-order valence-electron chi connectivity index (χ1n) is 6.78. The van der Waals surface area contributed by atoms with Crippen LogP contribution in [0.1, 0.15) is 38.1 Å². The van der Waals surface area contributed by atoms with Crippen molar-refractivity contribution in [2.75, 3.05) is 6.54 Å². The highest BCUT2D eigenvalue weighted by atomic mass is 32.1. The zero-order chi connectivity index (χ0) is 12.8. The van der Waals surface area contributed by atoms with Gasteiger partial charge in [-0.25, -0.2) is 0 Å². The molecule has 1 heterocycles. The fourth-order valence-corrected chi connectivity index (χ4v) is 3.65. The summed E-state index contributed by atoms with van der Waals surface area (Å²) in [5, 5.41) is 5.06. The second kappa shape index (κ2) is 4.36. The molecule has 1 N–H and O–H groups in total. The summed E-state index contributed by atoms with van der Waals surface area (Å²) in [5.41, 5.74) is 0.576. The summed E-state index contributed by atoms with van der Waals surface area (Å²) in [5.74, 6) is 0.870. The summed E-state index contributed by atoms with van der Waals surface area (Å²) >= 11 is 1.91. The van der Waals surface area contributed by atoms with Crippen molar-refractivity contribution in [1.29, 1.82) is 0 Å². The van der Waals surface area contributed by atoms with E-state index in [-0.39, 0.29) is 0 Å². The lowest BCUT2D eigenvalue weighted by Crippen LogP contribution is -2.21. The molecule has 1 aliphatic rings. The molecule has 0 amide bonds. The summed E-state index contributed by atoms with van der Waals surface area (Å²) in [6.45, 7) is 8.16. The van der Waals surface area contributed by atoms with Crippen LogP contribution in [-0.2, 0) is 0 Å². The molecule has 0 radical (unpaired) electrons. The van der Waals surface area contributed by atoms with Gasteiger partial charge in [-0.2, -0.15) is 0 Å². The molecule has 2 heteroatoms. The van der Waals surface area contributed by atoms with Crippen molar-refractivity contribution in [3.63, 3.8) is 0 Å². The molecule has 0 bridgehead atoms. The van der Waals surface area contributed by atoms with Crippen LogP contribution in [0.25, 0.3) is 10.1 Å². The van der Waals surface area contributed by atoms with E-state index in [1.54, 1.807) is 0 Å². The highest BCUT2D eigenvalue weighted by Crippen LogP contribution is 2.51. The third-order valence-corrected chi connectivity index (χ3v) is 5.56. The van der Waals surface area contributed by atoms with Crippen LogP contribution in [0.2, 0.25) is 0 Å². The molecule has 0 aliphatic heterocycles. The molecule has 1 aromatic heterocycles. The van der Waals surface area contributed by atoms with Crippen LogP contribution in [0.4, 0.5) is 0 Å². The van der Waals surface area contributed by atoms with Crippen molar-refractivity contribution in [3.05, 3.63) is 35.2 Å². The van der Waals surface area contributed by atoms with E-state index >= 15 is 0 Å². The van der Waals surface area contributed by atoms with Crippen molar-refractivity contribution in [2.45, 2.75) is 33.2 Å². The number of thiophene rings is 1. The predicted octanol–water partition coefficient (Wildman–Crippen LogP) is 4.60. The maximum atomic E-state index is 3.69. The van der Waals surface area contributed by atoms with Gasteiger partial charge in [0.05, 0.1) is 0 Å². The van der Waals surface area contributed by atoms with Gasteiger partial charge in [-0.1, -0.05) is 32.0 Å². The van der Waals surface area contributed by atoms with Crippen LogP contribution < -0.4 is 5.32 Å². The third-order valence-electron chi connectivity index (χ3n) is 4.26. The Bertz CT molecular complexity index is 522. The average molecular weight is 259 g/mol. The van der Waals surface area contributed by atoms with Crippen molar-refractivity contribution in [1.82, 2.24) is 5.32 Å². The Labute approximate surface area is 113 Å². The summed E-state index contributed by atoms with van der Waals surface area (Å²) in [4.78, 5) is 1.45. The number of benzene rings is 1. The Morgan fingerprint density at radius 3 is 2.78 bits per heavy atom. The molecular weight excluding hydrogens is 238 g/mol. The summed E-state index contributed by atoms with van der Waals surface area (Å²) in [6.07, 6.45) is 1.37. The maximum Gasteiger partial charge on any atom is 0.0386 e. The van der Waals surface area contributed by atoms with Gasteiger partial charge in [0.25, 0.3) is 0 Å². The standard InChI is InChI=1S/C16H21NS/c1-11(17-10-13-9-16(13,2)3)15-8-12-6-4-5-7-14(12)18-15/h4-8,11,13,17H,9-10H2,1-3H3. The minimum absolute atomic E-state index is 0.471. The Hall–Kier alpha value is -0.860. The van der Waals surface area contributed by atoms with E-state index < -0.39 is 0 Å². The van der Waals surface area contributed by atoms with Crippen molar-refractivity contribution < 1.29 is 0 Å². The summed E-state index contributed by atoms with van der Waals surface area (Å²) in [6, 6.07) is 11.4. The average Bonchev–Trinajstić information content (AvgIpc) is 2.77. The number of hydrogen-bond donors (Lipinski definition) is 1. The van der Waals surface area contributed by atoms with E-state index in [1.165, 1.54) is 21.4 Å². The Morgan fingerprint density at radius 2 is 2.11 bits per heavy atom. The molecule has 0 spiro atoms. The van der Waals surface area contributed by atoms with Gasteiger partial charge < -0.3 is 5.32 Å². The van der Waals surface area contributed by atoms with Gasteiger partial charge >= 0.3 is 0 Å². The molecule has 1 aliphatic carbocycles. The largest absolute Gasteiger partial charge is 0.309 e. The van der Waals surface area contributed by atoms with Crippen LogP contribution in [0.5, 0.6) is 0 Å². The van der Waals surface area contributed by atoms with E-state index in [9.17, 15) is 0 Å². The van der Waals surface area contributed by atoms with Gasteiger partial charge in [0.15, 0.2) is 0 Å². The first kappa shape index (κ1) is 12.2. The van der Waals surface area contributed by atoms with E-state index in [0.29, 0.717) is 11.5 Å². The van der Waals surface area contributed by atoms with Gasteiger partial charge in [0, 0.05) is 15.6 Å². The van der Waals surface area contributed by atoms with Crippen LogP contribution in [0.15, 0.2) is 30.3 Å². The third kappa shape index (κ3) is 2.32. The SMILES string of the molecule is CC(NCC1CC1(C)C)c1cc2ccccc2s1. The molecule has 2 atom stereocenters. The first-order valence-corrected chi connectivity index (χ1v) is 7.60. The smallest absolute Gasteiger partial charge is 0.0386 e. The van der Waals surface area contributed by atoms with Crippen LogP contribution in [0, 0.1) is 11.3 Å². The van der Waals surface area contributed by atoms with Gasteiger partial charge in [-0.3, -0.25) is 0 Å². The molecule has 1 aromatic carbocycles. The lowest BCUT2D eigenvalue weighted by atomic mass is 10.1. The Morgan fingerprint density at radius 1 is 1.39 bits per heavy atom. The molecule has 96 valence electrons. The molecule has 1 nitrogen and oxygen atoms in total. The maximum absolute atomic E-state index is 3.69. The highest BCUT2D eigenvalue weighted by Gasteiger charge is 2.44. The number of nitrogens with one attached hydrogen (secondary N) is 1. The van der Waals surface area contributed by atoms with Gasteiger partial charge in [0.1, 0.15) is 0 Å². The molecule has 0 saturated heterocycles. The normalized spacial score (nSPS) is 23.2. The topological polar surface area (TPSA) is 12.0 Å². The lowest BCUT2D eigenvalue weighted by molar-refractivity contribution is 0.488. The van der Waals surface area contributed by atoms with Crippen molar-refractivity contribution >= 4 is 21.4 Å². The van der Waals surface area contributed by atoms with Crippen LogP contribution >= 0.6 is 11.3 Å². The molecular formula is C16H21NS. The fraction of sp³-hybridized carbons (Fsp3) is 0.500. The van der Waals surface area contributed by atoms with Crippen molar-refractivity contribution in [2.24, 2.45) is 11.3 Å². The minimum Gasteiger partial charge on any atom is -0.309 e. The van der Waals surface area contributed by atoms with Gasteiger partial charge in [-0.05, 0) is 48.7 Å². The highest BCUT2D eigenvalue weighted by molar-refractivity contribution is 7.19. The van der Waals surface area contributed by atoms with Gasteiger partial charge in [0.2, 0.25) is 0 Å². The molecule has 3 rings (SSSR count). The van der Waals surface area contributed by atoms with Crippen LogP contribution in [0.3, 0.4) is 0 Å². The lowest BCUT2D eigenvalue weighted by Gasteiger charge is -2.12. The second-order valence-electron chi connectivity index (χ2n) is 6.21. The van der Waals surface area contributed by atoms with Gasteiger partial charge in [-0.15, -0.1) is 11.3 Å².